The molecule has 29 heavy (non-hydrogen) atoms. The van der Waals surface area contributed by atoms with Crippen LogP contribution in [-0.4, -0.2) is 52.8 Å². The molecule has 0 unspecified atom stereocenters. The number of nitrogens with zero attached hydrogens (tertiary/aromatic N) is 3. The molecule has 1 aromatic carbocycles. The first-order chi connectivity index (χ1) is 14.2. The van der Waals surface area contributed by atoms with Crippen molar-refractivity contribution in [2.75, 3.05) is 26.7 Å². The molecule has 0 bridgehead atoms. The van der Waals surface area contributed by atoms with Crippen LogP contribution in [0.4, 0.5) is 0 Å². The second kappa shape index (κ2) is 8.34. The predicted molar refractivity (Wildman–Crippen MR) is 109 cm³/mol. The maximum Gasteiger partial charge on any atom is 0.287 e. The maximum absolute atomic E-state index is 12.9. The number of rotatable bonds is 6. The minimum atomic E-state index is -0.291. The van der Waals surface area contributed by atoms with Crippen LogP contribution in [0.2, 0.25) is 0 Å². The van der Waals surface area contributed by atoms with Crippen LogP contribution in [0, 0.1) is 0 Å². The van der Waals surface area contributed by atoms with E-state index in [1.165, 1.54) is 0 Å². The quantitative estimate of drug-likeness (QED) is 0.700. The number of fused-ring (bicyclic) bond motifs is 1. The van der Waals surface area contributed by atoms with Gasteiger partial charge in [-0.1, -0.05) is 18.2 Å². The molecule has 2 aromatic heterocycles. The third-order valence-electron chi connectivity index (χ3n) is 5.21. The summed E-state index contributed by atoms with van der Waals surface area (Å²) in [7, 11) is 1.63. The average molecular weight is 392 g/mol. The van der Waals surface area contributed by atoms with E-state index in [1.54, 1.807) is 22.6 Å². The van der Waals surface area contributed by atoms with Gasteiger partial charge in [-0.15, -0.1) is 0 Å². The molecule has 3 aromatic rings. The fraction of sp³-hybridized carbons (Fsp3) is 0.318. The van der Waals surface area contributed by atoms with Gasteiger partial charge in [0.2, 0.25) is 5.82 Å². The van der Waals surface area contributed by atoms with Crippen molar-refractivity contribution >= 4 is 17.3 Å². The Hall–Kier alpha value is -3.35. The van der Waals surface area contributed by atoms with E-state index in [0.717, 1.165) is 37.2 Å². The molecule has 0 spiro atoms. The van der Waals surface area contributed by atoms with E-state index in [0.29, 0.717) is 24.2 Å². The highest BCUT2D eigenvalue weighted by molar-refractivity contribution is 6.02. The summed E-state index contributed by atoms with van der Waals surface area (Å²) >= 11 is 0. The monoisotopic (exact) mass is 392 g/mol. The number of ether oxygens (including phenoxy) is 1. The lowest BCUT2D eigenvalue weighted by Crippen LogP contribution is -2.29. The summed E-state index contributed by atoms with van der Waals surface area (Å²) in [6.45, 7) is 1.96. The Labute approximate surface area is 169 Å². The van der Waals surface area contributed by atoms with Crippen LogP contribution < -0.4 is 10.1 Å². The van der Waals surface area contributed by atoms with Crippen LogP contribution in [0.15, 0.2) is 48.7 Å². The van der Waals surface area contributed by atoms with E-state index in [4.69, 9.17) is 4.74 Å². The summed E-state index contributed by atoms with van der Waals surface area (Å²) < 4.78 is 6.84. The second-order valence-corrected chi connectivity index (χ2v) is 7.09. The van der Waals surface area contributed by atoms with Crippen molar-refractivity contribution in [2.45, 2.75) is 19.3 Å². The van der Waals surface area contributed by atoms with Crippen molar-refractivity contribution in [3.05, 3.63) is 65.7 Å². The highest BCUT2D eigenvalue weighted by Crippen LogP contribution is 2.18. The van der Waals surface area contributed by atoms with E-state index in [-0.39, 0.29) is 17.6 Å². The maximum atomic E-state index is 12.9. The standard InChI is InChI=1S/C22H24N4O3/c1-29-17-9-7-16(8-10-17)11-12-23-21(27)20-24-19(18-6-2-3-15-26(18)20)22(28)25-13-4-5-14-25/h2-3,6-10,15H,4-5,11-14H2,1H3,(H,23,27). The molecule has 7 nitrogen and oxygen atoms in total. The van der Waals surface area contributed by atoms with Crippen molar-refractivity contribution < 1.29 is 14.3 Å². The zero-order chi connectivity index (χ0) is 20.2. The number of aromatic nitrogens is 2. The predicted octanol–water partition coefficient (Wildman–Crippen LogP) is 2.55. The number of amides is 2. The molecule has 1 aliphatic heterocycles. The largest absolute Gasteiger partial charge is 0.497 e. The Morgan fingerprint density at radius 2 is 1.86 bits per heavy atom. The smallest absolute Gasteiger partial charge is 0.287 e. The summed E-state index contributed by atoms with van der Waals surface area (Å²) in [4.78, 5) is 31.9. The van der Waals surface area contributed by atoms with Gasteiger partial charge in [0.1, 0.15) is 5.75 Å². The molecule has 0 radical (unpaired) electrons. The fourth-order valence-electron chi connectivity index (χ4n) is 3.62. The van der Waals surface area contributed by atoms with Crippen molar-refractivity contribution in [2.24, 2.45) is 0 Å². The molecule has 4 rings (SSSR count). The molecule has 1 fully saturated rings. The Kier molecular flexibility index (Phi) is 5.46. The molecule has 1 aliphatic rings. The molecule has 1 saturated heterocycles. The normalized spacial score (nSPS) is 13.6. The van der Waals surface area contributed by atoms with Gasteiger partial charge in [0.15, 0.2) is 5.69 Å². The highest BCUT2D eigenvalue weighted by atomic mass is 16.5. The molecule has 7 heteroatoms. The van der Waals surface area contributed by atoms with Gasteiger partial charge in [0.05, 0.1) is 12.6 Å². The van der Waals surface area contributed by atoms with Crippen molar-refractivity contribution in [3.63, 3.8) is 0 Å². The molecule has 0 aliphatic carbocycles. The molecule has 1 N–H and O–H groups in total. The Bertz CT molecular complexity index is 1020. The van der Waals surface area contributed by atoms with E-state index in [9.17, 15) is 9.59 Å². The van der Waals surface area contributed by atoms with Crippen LogP contribution in [0.5, 0.6) is 5.75 Å². The summed E-state index contributed by atoms with van der Waals surface area (Å²) in [5.41, 5.74) is 2.10. The average Bonchev–Trinajstić information content (AvgIpc) is 3.42. The first-order valence-electron chi connectivity index (χ1n) is 9.85. The van der Waals surface area contributed by atoms with Gasteiger partial charge in [-0.05, 0) is 49.1 Å². The van der Waals surface area contributed by atoms with Crippen LogP contribution in [0.3, 0.4) is 0 Å². The van der Waals surface area contributed by atoms with Gasteiger partial charge in [-0.3, -0.25) is 14.0 Å². The Morgan fingerprint density at radius 1 is 1.10 bits per heavy atom. The SMILES string of the molecule is COc1ccc(CCNC(=O)c2nc(C(=O)N3CCCC3)c3ccccn23)cc1. The Balaban J connectivity index is 1.49. The number of carbonyl (C=O) groups excluding carboxylic acids is 2. The van der Waals surface area contributed by atoms with Crippen LogP contribution in [-0.2, 0) is 6.42 Å². The lowest BCUT2D eigenvalue weighted by atomic mass is 10.1. The summed E-state index contributed by atoms with van der Waals surface area (Å²) in [5.74, 6) is 0.637. The fourth-order valence-corrected chi connectivity index (χ4v) is 3.62. The zero-order valence-electron chi connectivity index (χ0n) is 16.4. The van der Waals surface area contributed by atoms with Crippen molar-refractivity contribution in [1.29, 1.82) is 0 Å². The lowest BCUT2D eigenvalue weighted by Gasteiger charge is -2.13. The molecule has 150 valence electrons. The van der Waals surface area contributed by atoms with Crippen LogP contribution in [0.1, 0.15) is 39.5 Å². The van der Waals surface area contributed by atoms with Crippen molar-refractivity contribution in [3.8, 4) is 5.75 Å². The number of nitrogens with one attached hydrogen (secondary N) is 1. The second-order valence-electron chi connectivity index (χ2n) is 7.09. The Morgan fingerprint density at radius 3 is 2.59 bits per heavy atom. The molecule has 3 heterocycles. The van der Waals surface area contributed by atoms with Gasteiger partial charge in [-0.2, -0.15) is 0 Å². The van der Waals surface area contributed by atoms with Gasteiger partial charge in [-0.25, -0.2) is 4.98 Å². The number of likely N-dealkylation sites (tertiary alicyclic amines) is 1. The summed E-state index contributed by atoms with van der Waals surface area (Å²) in [6.07, 6.45) is 4.48. The molecular formula is C22H24N4O3. The molecular weight excluding hydrogens is 368 g/mol. The van der Waals surface area contributed by atoms with Gasteiger partial charge in [0.25, 0.3) is 11.8 Å². The number of benzene rings is 1. The topological polar surface area (TPSA) is 75.9 Å². The highest BCUT2D eigenvalue weighted by Gasteiger charge is 2.26. The van der Waals surface area contributed by atoms with Crippen molar-refractivity contribution in [1.82, 2.24) is 19.6 Å². The van der Waals surface area contributed by atoms with E-state index >= 15 is 0 Å². The summed E-state index contributed by atoms with van der Waals surface area (Å²) in [5, 5.41) is 2.91. The van der Waals surface area contributed by atoms with E-state index in [1.807, 2.05) is 42.5 Å². The minimum Gasteiger partial charge on any atom is -0.497 e. The first kappa shape index (κ1) is 19.0. The summed E-state index contributed by atoms with van der Waals surface area (Å²) in [6, 6.07) is 13.2. The third kappa shape index (κ3) is 3.94. The minimum absolute atomic E-state index is 0.108. The molecule has 2 amide bonds. The number of methoxy groups -OCH3 is 1. The van der Waals surface area contributed by atoms with Gasteiger partial charge in [0, 0.05) is 25.8 Å². The van der Waals surface area contributed by atoms with E-state index < -0.39 is 0 Å². The van der Waals surface area contributed by atoms with E-state index in [2.05, 4.69) is 10.3 Å². The third-order valence-corrected chi connectivity index (χ3v) is 5.21. The zero-order valence-corrected chi connectivity index (χ0v) is 16.4. The number of pyridine rings is 1. The van der Waals surface area contributed by atoms with Gasteiger partial charge < -0.3 is 15.0 Å². The first-order valence-corrected chi connectivity index (χ1v) is 9.85. The number of imidazole rings is 1. The number of hydrogen-bond acceptors (Lipinski definition) is 4. The number of carbonyl (C=O) groups is 2. The van der Waals surface area contributed by atoms with Gasteiger partial charge >= 0.3 is 0 Å². The molecule has 0 saturated carbocycles. The molecule has 0 atom stereocenters. The number of hydrogen-bond donors (Lipinski definition) is 1. The lowest BCUT2D eigenvalue weighted by molar-refractivity contribution is 0.0789. The van der Waals surface area contributed by atoms with Crippen LogP contribution >= 0.6 is 0 Å². The van der Waals surface area contributed by atoms with Crippen LogP contribution in [0.25, 0.3) is 5.52 Å².